The number of halogens is 1. The molecule has 4 rings (SSSR count). The number of ether oxygens (including phenoxy) is 2. The summed E-state index contributed by atoms with van der Waals surface area (Å²) in [5.41, 5.74) is 1.70. The van der Waals surface area contributed by atoms with E-state index in [1.54, 1.807) is 34.5 Å². The summed E-state index contributed by atoms with van der Waals surface area (Å²) >= 11 is 7.62. The van der Waals surface area contributed by atoms with Gasteiger partial charge in [-0.15, -0.1) is 0 Å². The summed E-state index contributed by atoms with van der Waals surface area (Å²) < 4.78 is 12.5. The predicted octanol–water partition coefficient (Wildman–Crippen LogP) is 4.73. The first-order chi connectivity index (χ1) is 13.0. The highest BCUT2D eigenvalue weighted by Crippen LogP contribution is 2.34. The summed E-state index contributed by atoms with van der Waals surface area (Å²) in [4.78, 5) is 17.7. The average Bonchev–Trinajstić information content (AvgIpc) is 3.10. The Kier molecular flexibility index (Phi) is 5.02. The molecule has 0 bridgehead atoms. The van der Waals surface area contributed by atoms with Gasteiger partial charge < -0.3 is 9.47 Å². The lowest BCUT2D eigenvalue weighted by molar-refractivity contribution is 0.174. The molecule has 0 saturated heterocycles. The van der Waals surface area contributed by atoms with E-state index in [0.29, 0.717) is 39.3 Å². The van der Waals surface area contributed by atoms with Crippen molar-refractivity contribution in [3.8, 4) is 11.5 Å². The zero-order chi connectivity index (χ0) is 19.0. The Morgan fingerprint density at radius 2 is 2.00 bits per heavy atom. The van der Waals surface area contributed by atoms with Crippen molar-refractivity contribution in [2.24, 2.45) is 5.92 Å². The molecule has 0 radical (unpaired) electrons. The van der Waals surface area contributed by atoms with Gasteiger partial charge in [-0.25, -0.2) is 4.98 Å². The van der Waals surface area contributed by atoms with Crippen LogP contribution in [0.4, 0.5) is 0 Å². The van der Waals surface area contributed by atoms with Gasteiger partial charge in [-0.2, -0.15) is 0 Å². The third kappa shape index (κ3) is 3.77. The number of hydrogen-bond acceptors (Lipinski definition) is 5. The molecule has 5 nitrogen and oxygen atoms in total. The number of rotatable bonds is 5. The molecule has 0 saturated carbocycles. The average molecular weight is 403 g/mol. The molecule has 1 aliphatic rings. The van der Waals surface area contributed by atoms with Gasteiger partial charge in [0.25, 0.3) is 5.56 Å². The Bertz CT molecular complexity index is 1070. The molecule has 1 aromatic heterocycles. The molecule has 140 valence electrons. The fourth-order valence-electron chi connectivity index (χ4n) is 2.99. The summed E-state index contributed by atoms with van der Waals surface area (Å²) in [7, 11) is 0. The lowest BCUT2D eigenvalue weighted by Gasteiger charge is -2.15. The van der Waals surface area contributed by atoms with E-state index in [1.165, 1.54) is 0 Å². The molecule has 0 unspecified atom stereocenters. The summed E-state index contributed by atoms with van der Waals surface area (Å²) in [5, 5.41) is 1.80. The maximum Gasteiger partial charge on any atom is 0.262 e. The fourth-order valence-corrected chi connectivity index (χ4v) is 4.11. The van der Waals surface area contributed by atoms with Crippen LogP contribution in [-0.2, 0) is 12.3 Å². The molecule has 3 aromatic rings. The van der Waals surface area contributed by atoms with Gasteiger partial charge in [0.1, 0.15) is 0 Å². The van der Waals surface area contributed by atoms with Crippen LogP contribution in [-0.4, -0.2) is 16.3 Å². The van der Waals surface area contributed by atoms with Crippen LogP contribution in [0.2, 0.25) is 5.02 Å². The second-order valence-corrected chi connectivity index (χ2v) is 8.22. The number of hydrogen-bond donors (Lipinski definition) is 0. The first-order valence-electron chi connectivity index (χ1n) is 8.72. The molecular formula is C20H19ClN2O3S. The molecule has 0 spiro atoms. The monoisotopic (exact) mass is 402 g/mol. The van der Waals surface area contributed by atoms with Gasteiger partial charge in [-0.3, -0.25) is 9.36 Å². The molecule has 0 N–H and O–H groups in total. The fraction of sp³-hybridized carbons (Fsp3) is 0.300. The van der Waals surface area contributed by atoms with Crippen LogP contribution in [0.15, 0.2) is 46.3 Å². The van der Waals surface area contributed by atoms with E-state index in [-0.39, 0.29) is 12.4 Å². The largest absolute Gasteiger partial charge is 0.454 e. The van der Waals surface area contributed by atoms with Crippen molar-refractivity contribution < 1.29 is 9.47 Å². The lowest BCUT2D eigenvalue weighted by atomic mass is 10.2. The van der Waals surface area contributed by atoms with Gasteiger partial charge in [0.05, 0.1) is 10.9 Å². The van der Waals surface area contributed by atoms with Gasteiger partial charge in [-0.05, 0) is 41.8 Å². The van der Waals surface area contributed by atoms with Crippen LogP contribution in [0.25, 0.3) is 10.9 Å². The van der Waals surface area contributed by atoms with Crippen LogP contribution < -0.4 is 15.0 Å². The standard InChI is InChI=1S/C20H19ClN2O3S/c1-12(2)9-23-19(24)15-8-14(21)4-5-16(15)22-20(23)27-10-13-3-6-17-18(7-13)26-11-25-17/h3-8,12H,9-11H2,1-2H3. The number of aromatic nitrogens is 2. The minimum atomic E-state index is -0.0515. The lowest BCUT2D eigenvalue weighted by Crippen LogP contribution is -2.25. The molecule has 1 aliphatic heterocycles. The molecule has 27 heavy (non-hydrogen) atoms. The van der Waals surface area contributed by atoms with Crippen molar-refractivity contribution in [2.45, 2.75) is 31.3 Å². The molecule has 2 aromatic carbocycles. The van der Waals surface area contributed by atoms with Crippen LogP contribution in [0.1, 0.15) is 19.4 Å². The highest BCUT2D eigenvalue weighted by molar-refractivity contribution is 7.98. The molecular weight excluding hydrogens is 384 g/mol. The summed E-state index contributed by atoms with van der Waals surface area (Å²) in [6.07, 6.45) is 0. The number of nitrogens with zero attached hydrogens (tertiary/aromatic N) is 2. The van der Waals surface area contributed by atoms with Gasteiger partial charge in [0, 0.05) is 17.3 Å². The third-order valence-electron chi connectivity index (χ3n) is 4.23. The van der Waals surface area contributed by atoms with Crippen LogP contribution in [0.5, 0.6) is 11.5 Å². The van der Waals surface area contributed by atoms with Crippen molar-refractivity contribution in [1.29, 1.82) is 0 Å². The van der Waals surface area contributed by atoms with Crippen LogP contribution in [0.3, 0.4) is 0 Å². The normalized spacial score (nSPS) is 12.9. The van der Waals surface area contributed by atoms with Crippen molar-refractivity contribution in [3.63, 3.8) is 0 Å². The van der Waals surface area contributed by atoms with Crippen molar-refractivity contribution in [1.82, 2.24) is 9.55 Å². The zero-order valence-electron chi connectivity index (χ0n) is 15.1. The van der Waals surface area contributed by atoms with Gasteiger partial charge in [-0.1, -0.05) is 43.3 Å². The minimum absolute atomic E-state index is 0.0515. The van der Waals surface area contributed by atoms with E-state index >= 15 is 0 Å². The van der Waals surface area contributed by atoms with E-state index in [0.717, 1.165) is 17.1 Å². The van der Waals surface area contributed by atoms with Crippen molar-refractivity contribution in [2.75, 3.05) is 6.79 Å². The van der Waals surface area contributed by atoms with E-state index in [2.05, 4.69) is 13.8 Å². The highest BCUT2D eigenvalue weighted by Gasteiger charge is 2.16. The van der Waals surface area contributed by atoms with Crippen LogP contribution in [0, 0.1) is 5.92 Å². The summed E-state index contributed by atoms with van der Waals surface area (Å²) in [6, 6.07) is 11.1. The Hall–Kier alpha value is -2.18. The van der Waals surface area contributed by atoms with Crippen molar-refractivity contribution in [3.05, 3.63) is 57.3 Å². The number of fused-ring (bicyclic) bond motifs is 2. The molecule has 0 atom stereocenters. The van der Waals surface area contributed by atoms with Crippen LogP contribution >= 0.6 is 23.4 Å². The number of thioether (sulfide) groups is 1. The summed E-state index contributed by atoms with van der Waals surface area (Å²) in [6.45, 7) is 5.04. The van der Waals surface area contributed by atoms with E-state index < -0.39 is 0 Å². The smallest absolute Gasteiger partial charge is 0.262 e. The summed E-state index contributed by atoms with van der Waals surface area (Å²) in [5.74, 6) is 2.53. The SMILES string of the molecule is CC(C)Cn1c(SCc2ccc3c(c2)OCO3)nc2ccc(Cl)cc2c1=O. The Morgan fingerprint density at radius 3 is 2.81 bits per heavy atom. The highest BCUT2D eigenvalue weighted by atomic mass is 35.5. The van der Waals surface area contributed by atoms with E-state index in [4.69, 9.17) is 26.1 Å². The number of benzene rings is 2. The third-order valence-corrected chi connectivity index (χ3v) is 5.52. The minimum Gasteiger partial charge on any atom is -0.454 e. The second-order valence-electron chi connectivity index (χ2n) is 6.84. The van der Waals surface area contributed by atoms with Gasteiger partial charge >= 0.3 is 0 Å². The maximum absolute atomic E-state index is 13.0. The van der Waals surface area contributed by atoms with E-state index in [1.807, 2.05) is 18.2 Å². The predicted molar refractivity (Wildman–Crippen MR) is 108 cm³/mol. The second kappa shape index (κ2) is 7.44. The quantitative estimate of drug-likeness (QED) is 0.456. The molecule has 7 heteroatoms. The first kappa shape index (κ1) is 18.2. The Balaban J connectivity index is 1.69. The maximum atomic E-state index is 13.0. The molecule has 0 amide bonds. The zero-order valence-corrected chi connectivity index (χ0v) is 16.6. The molecule has 0 fully saturated rings. The first-order valence-corrected chi connectivity index (χ1v) is 10.1. The Morgan fingerprint density at radius 1 is 1.19 bits per heavy atom. The van der Waals surface area contributed by atoms with Gasteiger partial charge in [0.15, 0.2) is 16.7 Å². The molecule has 0 aliphatic carbocycles. The Labute approximate surface area is 166 Å². The topological polar surface area (TPSA) is 53.4 Å². The van der Waals surface area contributed by atoms with Crippen molar-refractivity contribution >= 4 is 34.3 Å². The van der Waals surface area contributed by atoms with Gasteiger partial charge in [0.2, 0.25) is 6.79 Å². The van der Waals surface area contributed by atoms with E-state index in [9.17, 15) is 4.79 Å². The molecule has 2 heterocycles.